The molecule has 70 valence electrons. The molecule has 0 bridgehead atoms. The lowest BCUT2D eigenvalue weighted by Gasteiger charge is -1.99. The third-order valence-electron chi connectivity index (χ3n) is 0.839. The highest BCUT2D eigenvalue weighted by molar-refractivity contribution is 7.94. The molecule has 1 rings (SSSR count). The van der Waals surface area contributed by atoms with E-state index in [-0.39, 0.29) is 6.10 Å². The van der Waals surface area contributed by atoms with Crippen LogP contribution in [0.25, 0.3) is 0 Å². The summed E-state index contributed by atoms with van der Waals surface area (Å²) < 4.78 is 9.42. The molecular weight excluding hydrogens is 176 g/mol. The first-order chi connectivity index (χ1) is 5.66. The predicted octanol–water partition coefficient (Wildman–Crippen LogP) is 1.79. The van der Waals surface area contributed by atoms with Crippen molar-refractivity contribution >= 4 is 18.5 Å². The van der Waals surface area contributed by atoms with E-state index in [2.05, 4.69) is 11.3 Å². The van der Waals surface area contributed by atoms with Gasteiger partial charge in [0.25, 0.3) is 6.47 Å². The molecule has 0 amide bonds. The van der Waals surface area contributed by atoms with E-state index in [1.54, 1.807) is 0 Å². The zero-order chi connectivity index (χ0) is 9.40. The van der Waals surface area contributed by atoms with Gasteiger partial charge in [0.15, 0.2) is 0 Å². The second kappa shape index (κ2) is 7.18. The number of hydrogen-bond acceptors (Lipinski definition) is 4. The Bertz CT molecular complexity index is 137. The molecule has 0 radical (unpaired) electrons. The van der Waals surface area contributed by atoms with Crippen molar-refractivity contribution in [1.82, 2.24) is 0 Å². The van der Waals surface area contributed by atoms with E-state index in [9.17, 15) is 4.79 Å². The summed E-state index contributed by atoms with van der Waals surface area (Å²) in [6.07, 6.45) is -0.0162. The van der Waals surface area contributed by atoms with Crippen LogP contribution in [0.3, 0.4) is 0 Å². The summed E-state index contributed by atoms with van der Waals surface area (Å²) in [5.74, 6) is 0.763. The summed E-state index contributed by atoms with van der Waals surface area (Å²) in [6.45, 7) is 8.49. The summed E-state index contributed by atoms with van der Waals surface area (Å²) in [4.78, 5) is 9.67. The van der Waals surface area contributed by atoms with Crippen LogP contribution in [0.15, 0.2) is 12.2 Å². The molecule has 1 saturated heterocycles. The number of hydrogen-bond donors (Lipinski definition) is 0. The van der Waals surface area contributed by atoms with Gasteiger partial charge in [0.1, 0.15) is 6.10 Å². The second-order valence-electron chi connectivity index (χ2n) is 2.63. The Kier molecular flexibility index (Phi) is 6.90. The summed E-state index contributed by atoms with van der Waals surface area (Å²) in [5.41, 5.74) is 1.17. The number of rotatable bonds is 2. The van der Waals surface area contributed by atoms with Gasteiger partial charge in [-0.3, -0.25) is 4.79 Å². The molecule has 0 aromatic carbocycles. The Morgan fingerprint density at radius 3 is 2.67 bits per heavy atom. The minimum absolute atomic E-state index is 0.0162. The van der Waals surface area contributed by atoms with Crippen LogP contribution >= 0.6 is 12.0 Å². The second-order valence-corrected chi connectivity index (χ2v) is 3.44. The summed E-state index contributed by atoms with van der Waals surface area (Å²) in [7, 11) is 0. The van der Waals surface area contributed by atoms with Gasteiger partial charge >= 0.3 is 0 Å². The molecule has 1 aliphatic heterocycles. The third kappa shape index (κ3) is 7.63. The number of allylic oxidation sites excluding steroid dienone is 1. The molecule has 12 heavy (non-hydrogen) atoms. The molecule has 4 heteroatoms. The van der Waals surface area contributed by atoms with Crippen molar-refractivity contribution in [3.8, 4) is 0 Å². The van der Waals surface area contributed by atoms with Crippen molar-refractivity contribution in [2.75, 3.05) is 12.4 Å². The quantitative estimate of drug-likeness (QED) is 0.378. The van der Waals surface area contributed by atoms with Crippen LogP contribution in [0.2, 0.25) is 0 Å². The standard InChI is InChI=1S/C4H6O3S.C4H8/c5-3-6-4-1-7-8-2-4;1-4(2)3/h3-4H,1-2H2;1H2,2-3H3. The maximum atomic E-state index is 9.67. The summed E-state index contributed by atoms with van der Waals surface area (Å²) in [5, 5.41) is 0. The molecule has 3 nitrogen and oxygen atoms in total. The maximum absolute atomic E-state index is 9.67. The average molecular weight is 190 g/mol. The maximum Gasteiger partial charge on any atom is 0.293 e. The van der Waals surface area contributed by atoms with Crippen molar-refractivity contribution in [1.29, 1.82) is 0 Å². The first-order valence-electron chi connectivity index (χ1n) is 3.62. The van der Waals surface area contributed by atoms with Crippen molar-refractivity contribution in [2.45, 2.75) is 20.0 Å². The van der Waals surface area contributed by atoms with Gasteiger partial charge in [-0.1, -0.05) is 5.57 Å². The third-order valence-corrected chi connectivity index (χ3v) is 1.65. The van der Waals surface area contributed by atoms with Crippen LogP contribution in [0.4, 0.5) is 0 Å². The first-order valence-corrected chi connectivity index (χ1v) is 4.53. The van der Waals surface area contributed by atoms with E-state index in [1.165, 1.54) is 17.6 Å². The molecule has 0 aromatic heterocycles. The smallest absolute Gasteiger partial charge is 0.293 e. The Balaban J connectivity index is 0.000000261. The van der Waals surface area contributed by atoms with Gasteiger partial charge < -0.3 is 8.92 Å². The number of ether oxygens (including phenoxy) is 1. The molecule has 0 N–H and O–H groups in total. The van der Waals surface area contributed by atoms with Gasteiger partial charge in [-0.05, 0) is 25.9 Å². The van der Waals surface area contributed by atoms with Crippen LogP contribution < -0.4 is 0 Å². The van der Waals surface area contributed by atoms with E-state index in [1.807, 2.05) is 13.8 Å². The fourth-order valence-corrected chi connectivity index (χ4v) is 1.12. The van der Waals surface area contributed by atoms with Gasteiger partial charge in [-0.15, -0.1) is 6.58 Å². The number of carbonyl (C=O) groups excluding carboxylic acids is 1. The highest BCUT2D eigenvalue weighted by atomic mass is 32.2. The Morgan fingerprint density at radius 2 is 2.33 bits per heavy atom. The molecule has 0 spiro atoms. The SMILES string of the molecule is C=C(C)C.O=COC1COSC1. The van der Waals surface area contributed by atoms with E-state index in [0.29, 0.717) is 13.1 Å². The first kappa shape index (κ1) is 11.5. The molecule has 1 unspecified atom stereocenters. The van der Waals surface area contributed by atoms with Gasteiger partial charge in [-0.2, -0.15) is 0 Å². The van der Waals surface area contributed by atoms with Crippen LogP contribution in [0.5, 0.6) is 0 Å². The molecule has 1 atom stereocenters. The molecular formula is C8H14O3S. The molecule has 1 fully saturated rings. The number of carbonyl (C=O) groups is 1. The fraction of sp³-hybridized carbons (Fsp3) is 0.625. The largest absolute Gasteiger partial charge is 0.461 e. The molecule has 1 aliphatic rings. The minimum atomic E-state index is -0.0162. The van der Waals surface area contributed by atoms with E-state index < -0.39 is 0 Å². The van der Waals surface area contributed by atoms with Gasteiger partial charge in [0.05, 0.1) is 12.4 Å². The van der Waals surface area contributed by atoms with Crippen molar-refractivity contribution < 1.29 is 13.7 Å². The molecule has 0 saturated carbocycles. The lowest BCUT2D eigenvalue weighted by atomic mass is 10.4. The Morgan fingerprint density at radius 1 is 1.75 bits per heavy atom. The Labute approximate surface area is 77.3 Å². The summed E-state index contributed by atoms with van der Waals surface area (Å²) in [6, 6.07) is 0. The van der Waals surface area contributed by atoms with Crippen LogP contribution in [0.1, 0.15) is 13.8 Å². The van der Waals surface area contributed by atoms with Crippen LogP contribution in [0, 0.1) is 0 Å². The lowest BCUT2D eigenvalue weighted by molar-refractivity contribution is -0.133. The monoisotopic (exact) mass is 190 g/mol. The van der Waals surface area contributed by atoms with E-state index in [0.717, 1.165) is 5.75 Å². The lowest BCUT2D eigenvalue weighted by Crippen LogP contribution is -2.13. The summed E-state index contributed by atoms with van der Waals surface area (Å²) >= 11 is 1.34. The van der Waals surface area contributed by atoms with E-state index in [4.69, 9.17) is 4.18 Å². The normalized spacial score (nSPS) is 20.7. The minimum Gasteiger partial charge on any atom is -0.461 e. The van der Waals surface area contributed by atoms with Crippen molar-refractivity contribution in [3.63, 3.8) is 0 Å². The average Bonchev–Trinajstić information content (AvgIpc) is 2.39. The zero-order valence-electron chi connectivity index (χ0n) is 7.41. The zero-order valence-corrected chi connectivity index (χ0v) is 8.23. The highest BCUT2D eigenvalue weighted by Crippen LogP contribution is 2.15. The van der Waals surface area contributed by atoms with Crippen LogP contribution in [-0.2, 0) is 13.7 Å². The van der Waals surface area contributed by atoms with Crippen LogP contribution in [-0.4, -0.2) is 24.9 Å². The topological polar surface area (TPSA) is 35.5 Å². The highest BCUT2D eigenvalue weighted by Gasteiger charge is 2.16. The molecule has 1 heterocycles. The predicted molar refractivity (Wildman–Crippen MR) is 49.8 cm³/mol. The molecule has 0 aromatic rings. The Hall–Kier alpha value is -0.480. The van der Waals surface area contributed by atoms with Gasteiger partial charge in [-0.25, -0.2) is 0 Å². The van der Waals surface area contributed by atoms with Crippen molar-refractivity contribution in [2.24, 2.45) is 0 Å². The van der Waals surface area contributed by atoms with Gasteiger partial charge in [0, 0.05) is 0 Å². The van der Waals surface area contributed by atoms with Gasteiger partial charge in [0.2, 0.25) is 0 Å². The molecule has 0 aliphatic carbocycles. The fourth-order valence-electron chi connectivity index (χ4n) is 0.453. The van der Waals surface area contributed by atoms with Crippen molar-refractivity contribution in [3.05, 3.63) is 12.2 Å². The van der Waals surface area contributed by atoms with E-state index >= 15 is 0 Å².